The maximum Gasteiger partial charge on any atom is 0.191 e. The number of thioether (sulfide) groups is 1. The van der Waals surface area contributed by atoms with Crippen LogP contribution in [0, 0.1) is 0 Å². The molecule has 0 aromatic carbocycles. The molecule has 102 valence electrons. The zero-order valence-corrected chi connectivity index (χ0v) is 14.1. The van der Waals surface area contributed by atoms with Crippen molar-refractivity contribution in [2.24, 2.45) is 4.99 Å². The van der Waals surface area contributed by atoms with Crippen LogP contribution in [0.25, 0.3) is 0 Å². The van der Waals surface area contributed by atoms with Crippen molar-refractivity contribution in [2.75, 3.05) is 25.4 Å². The van der Waals surface area contributed by atoms with Gasteiger partial charge in [-0.1, -0.05) is 13.3 Å². The van der Waals surface area contributed by atoms with Crippen LogP contribution in [-0.2, 0) is 0 Å². The summed E-state index contributed by atoms with van der Waals surface area (Å²) in [4.78, 5) is 4.64. The number of nitrogens with zero attached hydrogens (tertiary/aromatic N) is 1. The van der Waals surface area contributed by atoms with Crippen molar-refractivity contribution in [3.63, 3.8) is 0 Å². The minimum absolute atomic E-state index is 0. The minimum Gasteiger partial charge on any atom is -0.357 e. The molecule has 1 saturated heterocycles. The van der Waals surface area contributed by atoms with E-state index in [0.717, 1.165) is 30.8 Å². The van der Waals surface area contributed by atoms with Gasteiger partial charge < -0.3 is 10.6 Å². The smallest absolute Gasteiger partial charge is 0.191 e. The third kappa shape index (κ3) is 8.13. The normalized spacial score (nSPS) is 19.9. The zero-order valence-electron chi connectivity index (χ0n) is 11.0. The van der Waals surface area contributed by atoms with Gasteiger partial charge in [0, 0.05) is 18.3 Å². The van der Waals surface area contributed by atoms with Gasteiger partial charge in [-0.2, -0.15) is 11.8 Å². The summed E-state index contributed by atoms with van der Waals surface area (Å²) in [5, 5.41) is 7.42. The number of guanidine groups is 1. The molecule has 0 spiro atoms. The second-order valence-corrected chi connectivity index (χ2v) is 5.54. The molecule has 17 heavy (non-hydrogen) atoms. The average molecular weight is 371 g/mol. The molecule has 3 nitrogen and oxygen atoms in total. The maximum absolute atomic E-state index is 4.64. The summed E-state index contributed by atoms with van der Waals surface area (Å²) < 4.78 is 0. The number of unbranched alkanes of at least 4 members (excludes halogenated alkanes) is 1. The van der Waals surface area contributed by atoms with Crippen LogP contribution in [-0.4, -0.2) is 36.6 Å². The minimum atomic E-state index is 0. The van der Waals surface area contributed by atoms with E-state index in [-0.39, 0.29) is 24.0 Å². The monoisotopic (exact) mass is 371 g/mol. The molecule has 1 atom stereocenters. The molecule has 1 heterocycles. The number of hydrogen-bond acceptors (Lipinski definition) is 2. The van der Waals surface area contributed by atoms with Crippen molar-refractivity contribution in [1.82, 2.24) is 10.6 Å². The lowest BCUT2D eigenvalue weighted by Gasteiger charge is -2.12. The van der Waals surface area contributed by atoms with Crippen molar-refractivity contribution in [1.29, 1.82) is 0 Å². The predicted molar refractivity (Wildman–Crippen MR) is 89.8 cm³/mol. The third-order valence-electron chi connectivity index (χ3n) is 2.64. The van der Waals surface area contributed by atoms with Crippen LogP contribution >= 0.6 is 35.7 Å². The van der Waals surface area contributed by atoms with Crippen LogP contribution in [0.3, 0.4) is 0 Å². The van der Waals surface area contributed by atoms with Gasteiger partial charge in [-0.05, 0) is 31.9 Å². The first kappa shape index (κ1) is 17.4. The lowest BCUT2D eigenvalue weighted by molar-refractivity contribution is 0.723. The summed E-state index contributed by atoms with van der Waals surface area (Å²) in [6.45, 7) is 7.25. The molecule has 1 aliphatic heterocycles. The standard InChI is InChI=1S/C12H25N3S.HI/c1-3-5-8-14-12(13-4-2)15-10-11-7-6-9-16-11;/h11H,3-10H2,1-2H3,(H2,13,14,15);1H. The van der Waals surface area contributed by atoms with Gasteiger partial charge in [0.15, 0.2) is 5.96 Å². The Labute approximate surface area is 127 Å². The van der Waals surface area contributed by atoms with Gasteiger partial charge in [0.2, 0.25) is 0 Å². The molecule has 0 aliphatic carbocycles. The number of rotatable bonds is 6. The lowest BCUT2D eigenvalue weighted by Crippen LogP contribution is -2.38. The fourth-order valence-electron chi connectivity index (χ4n) is 1.71. The molecular formula is C12H26IN3S. The van der Waals surface area contributed by atoms with E-state index in [1.165, 1.54) is 31.4 Å². The molecule has 0 saturated carbocycles. The van der Waals surface area contributed by atoms with E-state index in [1.807, 2.05) is 0 Å². The number of hydrogen-bond donors (Lipinski definition) is 2. The van der Waals surface area contributed by atoms with Crippen molar-refractivity contribution in [3.8, 4) is 0 Å². The Morgan fingerprint density at radius 3 is 2.76 bits per heavy atom. The van der Waals surface area contributed by atoms with E-state index in [4.69, 9.17) is 0 Å². The number of aliphatic imine (C=N–C) groups is 1. The highest BCUT2D eigenvalue weighted by Gasteiger charge is 2.14. The van der Waals surface area contributed by atoms with Crippen LogP contribution in [0.15, 0.2) is 4.99 Å². The summed E-state index contributed by atoms with van der Waals surface area (Å²) in [5.41, 5.74) is 0. The Kier molecular flexibility index (Phi) is 11.7. The zero-order chi connectivity index (χ0) is 11.6. The van der Waals surface area contributed by atoms with E-state index in [0.29, 0.717) is 0 Å². The van der Waals surface area contributed by atoms with E-state index in [2.05, 4.69) is 41.2 Å². The maximum atomic E-state index is 4.64. The largest absolute Gasteiger partial charge is 0.357 e. The molecule has 1 aliphatic rings. The van der Waals surface area contributed by atoms with E-state index < -0.39 is 0 Å². The predicted octanol–water partition coefficient (Wildman–Crippen LogP) is 2.86. The molecule has 1 rings (SSSR count). The van der Waals surface area contributed by atoms with Crippen molar-refractivity contribution < 1.29 is 0 Å². The molecule has 0 radical (unpaired) electrons. The highest BCUT2D eigenvalue weighted by atomic mass is 127. The van der Waals surface area contributed by atoms with Gasteiger partial charge in [-0.3, -0.25) is 4.99 Å². The third-order valence-corrected chi connectivity index (χ3v) is 4.02. The molecule has 2 N–H and O–H groups in total. The lowest BCUT2D eigenvalue weighted by atomic mass is 10.2. The van der Waals surface area contributed by atoms with Gasteiger partial charge >= 0.3 is 0 Å². The van der Waals surface area contributed by atoms with E-state index in [9.17, 15) is 0 Å². The van der Waals surface area contributed by atoms with Crippen LogP contribution in [0.4, 0.5) is 0 Å². The summed E-state index contributed by atoms with van der Waals surface area (Å²) in [6.07, 6.45) is 5.14. The summed E-state index contributed by atoms with van der Waals surface area (Å²) >= 11 is 2.07. The molecule has 5 heteroatoms. The highest BCUT2D eigenvalue weighted by molar-refractivity contribution is 14.0. The molecule has 1 unspecified atom stereocenters. The second kappa shape index (κ2) is 11.4. The Morgan fingerprint density at radius 2 is 2.18 bits per heavy atom. The topological polar surface area (TPSA) is 36.4 Å². The van der Waals surface area contributed by atoms with E-state index in [1.54, 1.807) is 0 Å². The van der Waals surface area contributed by atoms with Gasteiger partial charge in [-0.15, -0.1) is 24.0 Å². The highest BCUT2D eigenvalue weighted by Crippen LogP contribution is 2.25. The van der Waals surface area contributed by atoms with E-state index >= 15 is 0 Å². The Morgan fingerprint density at radius 1 is 1.35 bits per heavy atom. The van der Waals surface area contributed by atoms with Crippen molar-refractivity contribution in [3.05, 3.63) is 0 Å². The first-order valence-corrected chi connectivity index (χ1v) is 7.55. The summed E-state index contributed by atoms with van der Waals surface area (Å²) in [7, 11) is 0. The summed E-state index contributed by atoms with van der Waals surface area (Å²) in [5.74, 6) is 2.31. The Bertz CT molecular complexity index is 206. The van der Waals surface area contributed by atoms with Crippen molar-refractivity contribution in [2.45, 2.75) is 44.8 Å². The molecule has 0 amide bonds. The number of nitrogens with one attached hydrogen (secondary N) is 2. The first-order chi connectivity index (χ1) is 7.86. The summed E-state index contributed by atoms with van der Waals surface area (Å²) in [6, 6.07) is 0. The van der Waals surface area contributed by atoms with Gasteiger partial charge in [0.1, 0.15) is 0 Å². The van der Waals surface area contributed by atoms with Crippen LogP contribution < -0.4 is 10.6 Å². The Hall–Kier alpha value is 0.350. The fourth-order valence-corrected chi connectivity index (χ4v) is 2.89. The van der Waals surface area contributed by atoms with Gasteiger partial charge in [0.05, 0.1) is 6.54 Å². The second-order valence-electron chi connectivity index (χ2n) is 4.13. The molecule has 0 aromatic heterocycles. The molecule has 0 bridgehead atoms. The Balaban J connectivity index is 0.00000256. The first-order valence-electron chi connectivity index (χ1n) is 6.50. The van der Waals surface area contributed by atoms with Gasteiger partial charge in [-0.25, -0.2) is 0 Å². The molecule has 1 fully saturated rings. The quantitative estimate of drug-likeness (QED) is 0.326. The average Bonchev–Trinajstić information content (AvgIpc) is 2.79. The number of halogens is 1. The van der Waals surface area contributed by atoms with Crippen LogP contribution in [0.1, 0.15) is 39.5 Å². The van der Waals surface area contributed by atoms with Crippen molar-refractivity contribution >= 4 is 41.7 Å². The SMILES string of the molecule is CCCCNC(=NCC1CCCS1)NCC.I. The fraction of sp³-hybridized carbons (Fsp3) is 0.917. The van der Waals surface area contributed by atoms with Crippen LogP contribution in [0.2, 0.25) is 0 Å². The van der Waals surface area contributed by atoms with Crippen LogP contribution in [0.5, 0.6) is 0 Å². The molecule has 0 aromatic rings. The van der Waals surface area contributed by atoms with Gasteiger partial charge in [0.25, 0.3) is 0 Å². The molecular weight excluding hydrogens is 345 g/mol.